The molecule has 0 aromatic heterocycles. The molecular formula is C25H24ClNO3S. The summed E-state index contributed by atoms with van der Waals surface area (Å²) in [4.78, 5) is 25.6. The van der Waals surface area contributed by atoms with Crippen molar-refractivity contribution < 1.29 is 14.3 Å². The summed E-state index contributed by atoms with van der Waals surface area (Å²) in [6, 6.07) is 22.5. The van der Waals surface area contributed by atoms with Gasteiger partial charge in [0.2, 0.25) is 0 Å². The van der Waals surface area contributed by atoms with Crippen LogP contribution in [0.5, 0.6) is 0 Å². The van der Waals surface area contributed by atoms with E-state index in [1.54, 1.807) is 23.9 Å². The van der Waals surface area contributed by atoms with Gasteiger partial charge in [-0.25, -0.2) is 4.79 Å². The van der Waals surface area contributed by atoms with Crippen molar-refractivity contribution in [3.8, 4) is 0 Å². The third-order valence-corrected chi connectivity index (χ3v) is 5.94. The first-order valence-electron chi connectivity index (χ1n) is 9.95. The molecule has 0 aliphatic carbocycles. The Kier molecular flexibility index (Phi) is 8.15. The lowest BCUT2D eigenvalue weighted by Crippen LogP contribution is -2.21. The van der Waals surface area contributed by atoms with Crippen LogP contribution in [-0.4, -0.2) is 18.5 Å². The Morgan fingerprint density at radius 3 is 2.32 bits per heavy atom. The number of para-hydroxylation sites is 1. The van der Waals surface area contributed by atoms with Crippen molar-refractivity contribution in [2.45, 2.75) is 30.4 Å². The second-order valence-corrected chi connectivity index (χ2v) is 8.79. The zero-order chi connectivity index (χ0) is 22.2. The third kappa shape index (κ3) is 6.88. The van der Waals surface area contributed by atoms with E-state index in [2.05, 4.69) is 19.2 Å². The topological polar surface area (TPSA) is 55.4 Å². The molecule has 0 fully saturated rings. The van der Waals surface area contributed by atoms with Crippen LogP contribution in [-0.2, 0) is 15.3 Å². The zero-order valence-corrected chi connectivity index (χ0v) is 19.0. The van der Waals surface area contributed by atoms with Gasteiger partial charge in [-0.3, -0.25) is 4.79 Å². The average molecular weight is 454 g/mol. The van der Waals surface area contributed by atoms with Gasteiger partial charge < -0.3 is 10.1 Å². The van der Waals surface area contributed by atoms with Gasteiger partial charge in [-0.15, -0.1) is 11.8 Å². The second kappa shape index (κ2) is 11.0. The summed E-state index contributed by atoms with van der Waals surface area (Å²) in [5.74, 6) is 0.159. The van der Waals surface area contributed by atoms with Gasteiger partial charge in [0, 0.05) is 21.4 Å². The Morgan fingerprint density at radius 2 is 1.65 bits per heavy atom. The molecule has 1 amide bonds. The fraction of sp³-hybridized carbons (Fsp3) is 0.200. The van der Waals surface area contributed by atoms with E-state index in [1.165, 1.54) is 0 Å². The molecule has 0 unspecified atom stereocenters. The molecule has 0 aliphatic heterocycles. The maximum Gasteiger partial charge on any atom is 0.338 e. The minimum absolute atomic E-state index is 0.274. The molecular weight excluding hydrogens is 430 g/mol. The molecule has 0 saturated heterocycles. The lowest BCUT2D eigenvalue weighted by Gasteiger charge is -2.13. The number of nitrogens with one attached hydrogen (secondary N) is 1. The van der Waals surface area contributed by atoms with Crippen molar-refractivity contribution >= 4 is 40.9 Å². The Labute approximate surface area is 192 Å². The van der Waals surface area contributed by atoms with Gasteiger partial charge in [-0.1, -0.05) is 55.8 Å². The number of thioether (sulfide) groups is 1. The lowest BCUT2D eigenvalue weighted by atomic mass is 10.0. The van der Waals surface area contributed by atoms with Gasteiger partial charge in [-0.05, 0) is 59.5 Å². The predicted molar refractivity (Wildman–Crippen MR) is 127 cm³/mol. The minimum Gasteiger partial charge on any atom is -0.452 e. The van der Waals surface area contributed by atoms with Crippen LogP contribution in [0.15, 0.2) is 77.7 Å². The van der Waals surface area contributed by atoms with Crippen LogP contribution < -0.4 is 5.32 Å². The molecule has 0 aliphatic rings. The normalized spacial score (nSPS) is 10.7. The SMILES string of the molecule is CC(C)c1ccccc1NC(=O)COC(=O)c1ccc(CSc2ccc(Cl)cc2)cc1. The summed E-state index contributed by atoms with van der Waals surface area (Å²) in [6.45, 7) is 3.78. The van der Waals surface area contributed by atoms with Gasteiger partial charge in [0.1, 0.15) is 0 Å². The number of halogens is 1. The smallest absolute Gasteiger partial charge is 0.338 e. The van der Waals surface area contributed by atoms with E-state index < -0.39 is 5.97 Å². The number of amides is 1. The number of benzene rings is 3. The van der Waals surface area contributed by atoms with Crippen molar-refractivity contribution in [1.29, 1.82) is 0 Å². The number of rotatable bonds is 8. The Bertz CT molecular complexity index is 1030. The largest absolute Gasteiger partial charge is 0.452 e. The quantitative estimate of drug-likeness (QED) is 0.310. The predicted octanol–water partition coefficient (Wildman–Crippen LogP) is 6.55. The number of hydrogen-bond donors (Lipinski definition) is 1. The van der Waals surface area contributed by atoms with Crippen LogP contribution in [0.2, 0.25) is 5.02 Å². The first-order valence-corrected chi connectivity index (χ1v) is 11.3. The van der Waals surface area contributed by atoms with Crippen molar-refractivity contribution in [3.05, 3.63) is 94.5 Å². The van der Waals surface area contributed by atoms with Gasteiger partial charge in [0.15, 0.2) is 6.61 Å². The highest BCUT2D eigenvalue weighted by Gasteiger charge is 2.13. The summed E-state index contributed by atoms with van der Waals surface area (Å²) in [5, 5.41) is 3.53. The highest BCUT2D eigenvalue weighted by molar-refractivity contribution is 7.98. The second-order valence-electron chi connectivity index (χ2n) is 7.31. The van der Waals surface area contributed by atoms with Crippen LogP contribution >= 0.6 is 23.4 Å². The van der Waals surface area contributed by atoms with Gasteiger partial charge in [-0.2, -0.15) is 0 Å². The molecule has 3 rings (SSSR count). The van der Waals surface area contributed by atoms with E-state index in [0.29, 0.717) is 10.6 Å². The zero-order valence-electron chi connectivity index (χ0n) is 17.4. The summed E-state index contributed by atoms with van der Waals surface area (Å²) >= 11 is 7.59. The molecule has 6 heteroatoms. The molecule has 0 heterocycles. The standard InChI is InChI=1S/C25H24ClNO3S/c1-17(2)22-5-3-4-6-23(22)27-24(28)15-30-25(29)19-9-7-18(8-10-19)16-31-21-13-11-20(26)12-14-21/h3-14,17H,15-16H2,1-2H3,(H,27,28). The number of carbonyl (C=O) groups is 2. The lowest BCUT2D eigenvalue weighted by molar-refractivity contribution is -0.119. The van der Waals surface area contributed by atoms with Crippen LogP contribution in [0.25, 0.3) is 0 Å². The molecule has 160 valence electrons. The van der Waals surface area contributed by atoms with E-state index in [0.717, 1.165) is 27.5 Å². The first kappa shape index (κ1) is 22.9. The molecule has 31 heavy (non-hydrogen) atoms. The van der Waals surface area contributed by atoms with Crippen LogP contribution in [0, 0.1) is 0 Å². The van der Waals surface area contributed by atoms with Crippen LogP contribution in [0.3, 0.4) is 0 Å². The van der Waals surface area contributed by atoms with Crippen molar-refractivity contribution in [1.82, 2.24) is 0 Å². The minimum atomic E-state index is -0.524. The van der Waals surface area contributed by atoms with Gasteiger partial charge in [0.05, 0.1) is 5.56 Å². The fourth-order valence-corrected chi connectivity index (χ4v) is 3.93. The molecule has 0 spiro atoms. The highest BCUT2D eigenvalue weighted by Crippen LogP contribution is 2.25. The molecule has 4 nitrogen and oxygen atoms in total. The molecule has 0 saturated carbocycles. The number of hydrogen-bond acceptors (Lipinski definition) is 4. The summed E-state index contributed by atoms with van der Waals surface area (Å²) in [6.07, 6.45) is 0. The number of carbonyl (C=O) groups excluding carboxylic acids is 2. The summed E-state index contributed by atoms with van der Waals surface area (Å²) < 4.78 is 5.17. The van der Waals surface area contributed by atoms with E-state index >= 15 is 0 Å². The summed E-state index contributed by atoms with van der Waals surface area (Å²) in [7, 11) is 0. The van der Waals surface area contributed by atoms with Crippen LogP contribution in [0.4, 0.5) is 5.69 Å². The van der Waals surface area contributed by atoms with Gasteiger partial charge >= 0.3 is 5.97 Å². The van der Waals surface area contributed by atoms with Crippen molar-refractivity contribution in [3.63, 3.8) is 0 Å². The average Bonchev–Trinajstić information content (AvgIpc) is 2.77. The number of ether oxygens (including phenoxy) is 1. The maximum atomic E-state index is 12.3. The Hall–Kier alpha value is -2.76. The molecule has 1 N–H and O–H groups in total. The third-order valence-electron chi connectivity index (χ3n) is 4.60. The molecule has 3 aromatic rings. The van der Waals surface area contributed by atoms with Crippen molar-refractivity contribution in [2.24, 2.45) is 0 Å². The Morgan fingerprint density at radius 1 is 0.968 bits per heavy atom. The molecule has 3 aromatic carbocycles. The van der Waals surface area contributed by atoms with Gasteiger partial charge in [0.25, 0.3) is 5.91 Å². The maximum absolute atomic E-state index is 12.3. The first-order chi connectivity index (χ1) is 14.9. The number of anilines is 1. The Balaban J connectivity index is 1.49. The molecule has 0 atom stereocenters. The van der Waals surface area contributed by atoms with Crippen molar-refractivity contribution in [2.75, 3.05) is 11.9 Å². The molecule has 0 radical (unpaired) electrons. The molecule has 0 bridgehead atoms. The van der Waals surface area contributed by atoms with E-state index in [9.17, 15) is 9.59 Å². The monoisotopic (exact) mass is 453 g/mol. The number of esters is 1. The highest BCUT2D eigenvalue weighted by atomic mass is 35.5. The van der Waals surface area contributed by atoms with E-state index in [4.69, 9.17) is 16.3 Å². The van der Waals surface area contributed by atoms with E-state index in [1.807, 2.05) is 60.7 Å². The van der Waals surface area contributed by atoms with E-state index in [-0.39, 0.29) is 18.4 Å². The summed E-state index contributed by atoms with van der Waals surface area (Å²) in [5.41, 5.74) is 3.27. The van der Waals surface area contributed by atoms with Crippen LogP contribution in [0.1, 0.15) is 41.3 Å². The fourth-order valence-electron chi connectivity index (χ4n) is 2.95.